The third-order valence-electron chi connectivity index (χ3n) is 1.04. The molecule has 0 amide bonds. The van der Waals surface area contributed by atoms with Gasteiger partial charge in [0.2, 0.25) is 0 Å². The summed E-state index contributed by atoms with van der Waals surface area (Å²) in [5.74, 6) is 0.230. The first-order chi connectivity index (χ1) is 4.70. The summed E-state index contributed by atoms with van der Waals surface area (Å²) in [4.78, 5) is 0.858. The molecular weight excluding hydrogens is 214 g/mol. The molecule has 1 N–H and O–H groups in total. The van der Waals surface area contributed by atoms with Crippen LogP contribution in [-0.2, 0) is 0 Å². The minimum atomic E-state index is -1.07. The second kappa shape index (κ2) is 5.57. The van der Waals surface area contributed by atoms with Crippen LogP contribution in [0.2, 0.25) is 0 Å². The number of thiol groups is 1. The molecule has 0 unspecified atom stereocenters. The molecule has 0 bridgehead atoms. The van der Waals surface area contributed by atoms with Crippen LogP contribution in [0.1, 0.15) is 0 Å². The number of hydrogen-bond acceptors (Lipinski definition) is 1. The Morgan fingerprint density at radius 2 is 1.55 bits per heavy atom. The van der Waals surface area contributed by atoms with Gasteiger partial charge in [0.25, 0.3) is 0 Å². The molecule has 1 aromatic rings. The zero-order valence-electron chi connectivity index (χ0n) is 4.96. The Labute approximate surface area is 99.3 Å². The molecule has 0 radical (unpaired) electrons. The van der Waals surface area contributed by atoms with Crippen molar-refractivity contribution in [2.45, 2.75) is 4.90 Å². The number of phenols is 1. The quantitative estimate of drug-likeness (QED) is 0.551. The molecule has 0 aliphatic carbocycles. The van der Waals surface area contributed by atoms with Gasteiger partial charge in [-0.1, -0.05) is 9.32 Å². The number of halogens is 2. The fourth-order valence-corrected chi connectivity index (χ4v) is 1.62. The van der Waals surface area contributed by atoms with E-state index in [-0.39, 0.29) is 35.3 Å². The van der Waals surface area contributed by atoms with Crippen molar-refractivity contribution in [1.29, 1.82) is 0 Å². The summed E-state index contributed by atoms with van der Waals surface area (Å²) in [5.41, 5.74) is 0. The molecule has 11 heavy (non-hydrogen) atoms. The van der Waals surface area contributed by atoms with Gasteiger partial charge in [0.05, 0.1) is 0 Å². The Kier molecular flexibility index (Phi) is 6.05. The molecular formula is C6H7Cl2NaOS. The van der Waals surface area contributed by atoms with Gasteiger partial charge in [-0.15, -0.1) is 0 Å². The monoisotopic (exact) mass is 220 g/mol. The molecule has 0 aliphatic heterocycles. The van der Waals surface area contributed by atoms with Crippen molar-refractivity contribution in [2.75, 3.05) is 0 Å². The van der Waals surface area contributed by atoms with Crippen LogP contribution in [0, 0.1) is 0 Å². The van der Waals surface area contributed by atoms with E-state index in [0.717, 1.165) is 4.90 Å². The predicted octanol–water partition coefficient (Wildman–Crippen LogP) is 2.41. The summed E-state index contributed by atoms with van der Waals surface area (Å²) >= 11 is 0. The molecule has 1 aromatic carbocycles. The van der Waals surface area contributed by atoms with Crippen molar-refractivity contribution in [1.82, 2.24) is 0 Å². The van der Waals surface area contributed by atoms with E-state index in [0.29, 0.717) is 0 Å². The van der Waals surface area contributed by atoms with E-state index in [1.807, 2.05) is 0 Å². The summed E-state index contributed by atoms with van der Waals surface area (Å²) in [7, 11) is 10.1. The van der Waals surface area contributed by atoms with E-state index >= 15 is 0 Å². The summed E-state index contributed by atoms with van der Waals surface area (Å²) < 4.78 is 0. The topological polar surface area (TPSA) is 20.2 Å². The van der Waals surface area contributed by atoms with Crippen LogP contribution in [0.5, 0.6) is 5.75 Å². The zero-order chi connectivity index (χ0) is 7.56. The summed E-state index contributed by atoms with van der Waals surface area (Å²) in [6.45, 7) is 0. The number of phenolic OH excluding ortho intramolecular Hbond substituents is 1. The Bertz CT molecular complexity index is 214. The zero-order valence-corrected chi connectivity index (χ0v) is 7.37. The maximum atomic E-state index is 8.86. The van der Waals surface area contributed by atoms with Crippen molar-refractivity contribution in [3.63, 3.8) is 0 Å². The van der Waals surface area contributed by atoms with Crippen LogP contribution in [0.4, 0.5) is 0 Å². The van der Waals surface area contributed by atoms with Gasteiger partial charge in [0, 0.05) is 4.90 Å². The summed E-state index contributed by atoms with van der Waals surface area (Å²) in [6, 6.07) is 6.55. The standard InChI is InChI=1S/C6H6Cl2OS.Na.H/c7-10(8)6-3-1-5(9)2-4-6;;/h1-4,9-10H;;. The van der Waals surface area contributed by atoms with Crippen LogP contribution in [0.3, 0.4) is 0 Å². The third kappa shape index (κ3) is 3.92. The van der Waals surface area contributed by atoms with E-state index in [2.05, 4.69) is 0 Å². The second-order valence-corrected chi connectivity index (χ2v) is 5.28. The molecule has 0 aromatic heterocycles. The molecule has 0 heterocycles. The van der Waals surface area contributed by atoms with Gasteiger partial charge in [-0.2, -0.15) is 0 Å². The van der Waals surface area contributed by atoms with Gasteiger partial charge in [-0.3, -0.25) is 0 Å². The fourth-order valence-electron chi connectivity index (χ4n) is 0.565. The molecule has 0 aliphatic rings. The molecule has 0 spiro atoms. The SMILES string of the molecule is Oc1ccc([SH](Cl)Cl)cc1.[NaH]. The Morgan fingerprint density at radius 1 is 1.09 bits per heavy atom. The number of rotatable bonds is 1. The predicted molar refractivity (Wildman–Crippen MR) is 54.2 cm³/mol. The van der Waals surface area contributed by atoms with E-state index < -0.39 is 9.32 Å². The van der Waals surface area contributed by atoms with Gasteiger partial charge in [0.15, 0.2) is 0 Å². The number of benzene rings is 1. The minimum absolute atomic E-state index is 0. The van der Waals surface area contributed by atoms with Gasteiger partial charge < -0.3 is 5.11 Å². The molecule has 1 rings (SSSR count). The van der Waals surface area contributed by atoms with E-state index in [9.17, 15) is 0 Å². The van der Waals surface area contributed by atoms with Crippen molar-refractivity contribution < 1.29 is 5.11 Å². The normalized spacial score (nSPS) is 10.2. The molecule has 5 heteroatoms. The fraction of sp³-hybridized carbons (Fsp3) is 0. The van der Waals surface area contributed by atoms with Gasteiger partial charge in [0.1, 0.15) is 5.75 Å². The van der Waals surface area contributed by atoms with Crippen molar-refractivity contribution in [3.8, 4) is 5.75 Å². The van der Waals surface area contributed by atoms with Gasteiger partial charge >= 0.3 is 29.6 Å². The van der Waals surface area contributed by atoms with E-state index in [1.165, 1.54) is 0 Å². The molecule has 58 valence electrons. The Balaban J connectivity index is 0.000001000. The summed E-state index contributed by atoms with van der Waals surface area (Å²) in [5, 5.41) is 8.86. The van der Waals surface area contributed by atoms with Crippen LogP contribution in [0.25, 0.3) is 0 Å². The first-order valence-electron chi connectivity index (χ1n) is 2.61. The Hall–Kier alpha value is 0.950. The second-order valence-electron chi connectivity index (χ2n) is 1.75. The number of hydrogen-bond donors (Lipinski definition) is 2. The maximum absolute atomic E-state index is 8.86. The summed E-state index contributed by atoms with van der Waals surface area (Å²) in [6.07, 6.45) is 0. The van der Waals surface area contributed by atoms with Crippen molar-refractivity contribution in [2.24, 2.45) is 0 Å². The first kappa shape index (κ1) is 11.9. The molecule has 0 fully saturated rings. The van der Waals surface area contributed by atoms with Crippen molar-refractivity contribution >= 4 is 60.2 Å². The molecule has 1 nitrogen and oxygen atoms in total. The third-order valence-corrected chi connectivity index (χ3v) is 2.90. The van der Waals surface area contributed by atoms with Crippen LogP contribution >= 0.6 is 30.7 Å². The van der Waals surface area contributed by atoms with Gasteiger partial charge in [-0.25, -0.2) is 0 Å². The molecule has 0 saturated heterocycles. The van der Waals surface area contributed by atoms with Crippen molar-refractivity contribution in [3.05, 3.63) is 24.3 Å². The van der Waals surface area contributed by atoms with Crippen LogP contribution in [-0.4, -0.2) is 34.7 Å². The van der Waals surface area contributed by atoms with Crippen LogP contribution < -0.4 is 0 Å². The number of aromatic hydroxyl groups is 1. The molecule has 0 atom stereocenters. The molecule has 0 saturated carbocycles. The van der Waals surface area contributed by atoms with E-state index in [4.69, 9.17) is 26.5 Å². The van der Waals surface area contributed by atoms with E-state index in [1.54, 1.807) is 24.3 Å². The Morgan fingerprint density at radius 3 is 1.91 bits per heavy atom. The van der Waals surface area contributed by atoms with Crippen LogP contribution in [0.15, 0.2) is 29.2 Å². The average Bonchev–Trinajstić information content (AvgIpc) is 1.88. The first-order valence-corrected chi connectivity index (χ1v) is 5.76. The van der Waals surface area contributed by atoms with Gasteiger partial charge in [-0.05, 0) is 45.6 Å². The average molecular weight is 221 g/mol.